The van der Waals surface area contributed by atoms with Gasteiger partial charge in [0.25, 0.3) is 0 Å². The molecule has 1 atom stereocenters. The molecule has 2 rings (SSSR count). The summed E-state index contributed by atoms with van der Waals surface area (Å²) in [5, 5.41) is 2.60. The summed E-state index contributed by atoms with van der Waals surface area (Å²) >= 11 is 0. The Morgan fingerprint density at radius 2 is 1.97 bits per heavy atom. The molecule has 0 bridgehead atoms. The van der Waals surface area contributed by atoms with Crippen molar-refractivity contribution in [1.82, 2.24) is 10.0 Å². The van der Waals surface area contributed by atoms with E-state index in [4.69, 9.17) is 9.47 Å². The zero-order valence-corrected chi connectivity index (χ0v) is 17.7. The fourth-order valence-electron chi connectivity index (χ4n) is 3.43. The highest BCUT2D eigenvalue weighted by Gasteiger charge is 2.48. The van der Waals surface area contributed by atoms with E-state index in [9.17, 15) is 23.2 Å². The van der Waals surface area contributed by atoms with Crippen LogP contribution in [0.25, 0.3) is 0 Å². The minimum atomic E-state index is -1.17. The molecule has 1 unspecified atom stereocenters. The molecule has 0 spiro atoms. The second-order valence-corrected chi connectivity index (χ2v) is 7.91. The first-order valence-electron chi connectivity index (χ1n) is 9.85. The van der Waals surface area contributed by atoms with Gasteiger partial charge in [0, 0.05) is 12.1 Å². The van der Waals surface area contributed by atoms with Crippen LogP contribution in [0.4, 0.5) is 8.78 Å². The van der Waals surface area contributed by atoms with Crippen LogP contribution in [0.1, 0.15) is 45.6 Å². The Balaban J connectivity index is 2.32. The molecule has 0 saturated carbocycles. The molecule has 30 heavy (non-hydrogen) atoms. The topological polar surface area (TPSA) is 76.2 Å². The van der Waals surface area contributed by atoms with Crippen LogP contribution in [0, 0.1) is 17.6 Å². The molecule has 1 aliphatic heterocycles. The number of esters is 2. The summed E-state index contributed by atoms with van der Waals surface area (Å²) in [4.78, 5) is 37.5. The largest absolute Gasteiger partial charge is 0.468 e. The van der Waals surface area contributed by atoms with Crippen molar-refractivity contribution < 1.29 is 32.6 Å². The normalized spacial score (nSPS) is 19.0. The number of ether oxygens (including phenoxy) is 2. The highest BCUT2D eigenvalue weighted by molar-refractivity contribution is 5.94. The fraction of sp³-hybridized carbons (Fsp3) is 0.571. The van der Waals surface area contributed by atoms with Gasteiger partial charge in [-0.2, -0.15) is 0 Å². The predicted octanol–water partition coefficient (Wildman–Crippen LogP) is 2.83. The molecule has 1 amide bonds. The first-order valence-corrected chi connectivity index (χ1v) is 9.85. The van der Waals surface area contributed by atoms with Crippen LogP contribution in [0.2, 0.25) is 0 Å². The Bertz CT molecular complexity index is 802. The van der Waals surface area contributed by atoms with E-state index in [1.807, 2.05) is 13.8 Å². The van der Waals surface area contributed by atoms with Crippen LogP contribution in [0.3, 0.4) is 0 Å². The fourth-order valence-corrected chi connectivity index (χ4v) is 3.43. The Morgan fingerprint density at radius 1 is 1.27 bits per heavy atom. The van der Waals surface area contributed by atoms with Gasteiger partial charge in [0.1, 0.15) is 12.0 Å². The Labute approximate surface area is 174 Å². The second-order valence-electron chi connectivity index (χ2n) is 7.91. The van der Waals surface area contributed by atoms with E-state index in [2.05, 4.69) is 0 Å². The van der Waals surface area contributed by atoms with Gasteiger partial charge >= 0.3 is 11.9 Å². The third-order valence-corrected chi connectivity index (χ3v) is 5.03. The average molecular weight is 426 g/mol. The van der Waals surface area contributed by atoms with E-state index >= 15 is 0 Å². The lowest BCUT2D eigenvalue weighted by molar-refractivity contribution is -0.177. The van der Waals surface area contributed by atoms with Crippen molar-refractivity contribution in [3.63, 3.8) is 0 Å². The van der Waals surface area contributed by atoms with Gasteiger partial charge in [0.05, 0.1) is 20.3 Å². The molecule has 166 valence electrons. The summed E-state index contributed by atoms with van der Waals surface area (Å²) in [6.45, 7) is 5.47. The molecular weight excluding hydrogens is 398 g/mol. The molecule has 0 radical (unpaired) electrons. The average Bonchev–Trinajstić information content (AvgIpc) is 3.09. The summed E-state index contributed by atoms with van der Waals surface area (Å²) in [7, 11) is 1.24. The number of hydrogen-bond donors (Lipinski definition) is 0. The zero-order chi connectivity index (χ0) is 22.5. The second kappa shape index (κ2) is 9.97. The van der Waals surface area contributed by atoms with Crippen molar-refractivity contribution in [2.45, 2.75) is 52.1 Å². The van der Waals surface area contributed by atoms with E-state index in [0.29, 0.717) is 19.4 Å². The summed E-state index contributed by atoms with van der Waals surface area (Å²) in [5.74, 6) is -3.99. The molecule has 1 aromatic rings. The Hall–Kier alpha value is -2.55. The lowest BCUT2D eigenvalue weighted by Gasteiger charge is -2.40. The van der Waals surface area contributed by atoms with Gasteiger partial charge in [-0.15, -0.1) is 0 Å². The molecular formula is C21H28F2N2O5. The quantitative estimate of drug-likeness (QED) is 0.470. The van der Waals surface area contributed by atoms with Crippen molar-refractivity contribution in [2.75, 3.05) is 20.3 Å². The number of hydrogen-bond acceptors (Lipinski definition) is 6. The number of amides is 1. The maximum Gasteiger partial charge on any atom is 0.327 e. The molecule has 0 aromatic heterocycles. The van der Waals surface area contributed by atoms with E-state index in [1.165, 1.54) is 24.3 Å². The van der Waals surface area contributed by atoms with Gasteiger partial charge in [-0.3, -0.25) is 14.6 Å². The van der Waals surface area contributed by atoms with E-state index in [1.54, 1.807) is 6.92 Å². The monoisotopic (exact) mass is 426 g/mol. The Morgan fingerprint density at radius 3 is 2.60 bits per heavy atom. The molecule has 9 heteroatoms. The first-order chi connectivity index (χ1) is 14.1. The number of carbonyl (C=O) groups is 3. The third kappa shape index (κ3) is 5.33. The van der Waals surface area contributed by atoms with Crippen LogP contribution in [0.15, 0.2) is 18.2 Å². The maximum absolute atomic E-state index is 14.3. The number of carbonyl (C=O) groups excluding carboxylic acids is 3. The van der Waals surface area contributed by atoms with Crippen LogP contribution < -0.4 is 0 Å². The van der Waals surface area contributed by atoms with Crippen LogP contribution in [-0.2, 0) is 30.4 Å². The van der Waals surface area contributed by atoms with Gasteiger partial charge in [0.15, 0.2) is 11.6 Å². The van der Waals surface area contributed by atoms with Gasteiger partial charge in [-0.25, -0.2) is 18.6 Å². The van der Waals surface area contributed by atoms with Crippen LogP contribution >= 0.6 is 0 Å². The number of benzene rings is 1. The first kappa shape index (κ1) is 23.7. The predicted molar refractivity (Wildman–Crippen MR) is 104 cm³/mol. The SMILES string of the molecule is COC(=O)C1(C)CCCN1N(Cc1cccc(F)c1F)C(=O)CC(=O)OCC(C)C. The van der Waals surface area contributed by atoms with Crippen LogP contribution in [-0.4, -0.2) is 53.7 Å². The molecule has 1 aromatic carbocycles. The van der Waals surface area contributed by atoms with Gasteiger partial charge < -0.3 is 9.47 Å². The minimum Gasteiger partial charge on any atom is -0.468 e. The molecule has 1 heterocycles. The zero-order valence-electron chi connectivity index (χ0n) is 17.7. The van der Waals surface area contributed by atoms with Gasteiger partial charge in [-0.1, -0.05) is 26.0 Å². The molecule has 0 aliphatic carbocycles. The minimum absolute atomic E-state index is 0.0713. The number of nitrogens with zero attached hydrogens (tertiary/aromatic N) is 2. The smallest absolute Gasteiger partial charge is 0.327 e. The highest BCUT2D eigenvalue weighted by Crippen LogP contribution is 2.33. The lowest BCUT2D eigenvalue weighted by atomic mass is 10.0. The summed E-state index contributed by atoms with van der Waals surface area (Å²) < 4.78 is 37.9. The summed E-state index contributed by atoms with van der Waals surface area (Å²) in [6, 6.07) is 3.65. The number of halogens is 2. The summed E-state index contributed by atoms with van der Waals surface area (Å²) in [5.41, 5.74) is -1.24. The number of hydrazine groups is 1. The van der Waals surface area contributed by atoms with Crippen molar-refractivity contribution >= 4 is 17.8 Å². The summed E-state index contributed by atoms with van der Waals surface area (Å²) in [6.07, 6.45) is 0.406. The van der Waals surface area contributed by atoms with Crippen molar-refractivity contribution in [1.29, 1.82) is 0 Å². The lowest BCUT2D eigenvalue weighted by Crippen LogP contribution is -2.58. The number of rotatable bonds is 8. The van der Waals surface area contributed by atoms with E-state index in [-0.39, 0.29) is 24.6 Å². The van der Waals surface area contributed by atoms with E-state index < -0.39 is 41.4 Å². The molecule has 1 saturated heterocycles. The molecule has 1 fully saturated rings. The molecule has 7 nitrogen and oxygen atoms in total. The number of methoxy groups -OCH3 is 1. The van der Waals surface area contributed by atoms with Crippen molar-refractivity contribution in [2.24, 2.45) is 5.92 Å². The third-order valence-electron chi connectivity index (χ3n) is 5.03. The standard InChI is InChI=1S/C21H28F2N2O5/c1-14(2)13-30-18(27)11-17(26)24(12-15-7-5-8-16(22)19(15)23)25-10-6-9-21(25,3)20(28)29-4/h5,7-8,14H,6,9-13H2,1-4H3. The Kier molecular flexibility index (Phi) is 7.89. The van der Waals surface area contributed by atoms with Gasteiger partial charge in [0.2, 0.25) is 5.91 Å². The highest BCUT2D eigenvalue weighted by atomic mass is 19.2. The van der Waals surface area contributed by atoms with Crippen molar-refractivity contribution in [3.05, 3.63) is 35.4 Å². The maximum atomic E-state index is 14.3. The van der Waals surface area contributed by atoms with Gasteiger partial charge in [-0.05, 0) is 31.7 Å². The van der Waals surface area contributed by atoms with Crippen LogP contribution in [0.5, 0.6) is 0 Å². The molecule has 1 aliphatic rings. The van der Waals surface area contributed by atoms with E-state index in [0.717, 1.165) is 11.1 Å². The van der Waals surface area contributed by atoms with Crippen molar-refractivity contribution in [3.8, 4) is 0 Å². The molecule has 0 N–H and O–H groups in total.